The lowest BCUT2D eigenvalue weighted by atomic mass is 9.80. The minimum absolute atomic E-state index is 0.382. The molecule has 0 aromatic carbocycles. The molecule has 1 saturated carbocycles. The quantitative estimate of drug-likeness (QED) is 0.636. The van der Waals surface area contributed by atoms with E-state index < -0.39 is 0 Å². The zero-order chi connectivity index (χ0) is 13.0. The molecule has 1 aliphatic rings. The van der Waals surface area contributed by atoms with Gasteiger partial charge in [0, 0.05) is 0 Å². The van der Waals surface area contributed by atoms with Crippen LogP contribution in [0, 0.1) is 11.8 Å². The Balaban J connectivity index is 1.84. The van der Waals surface area contributed by atoms with Crippen LogP contribution in [-0.2, 0) is 11.3 Å². The lowest BCUT2D eigenvalue weighted by Crippen LogP contribution is -2.26. The van der Waals surface area contributed by atoms with Gasteiger partial charge in [-0.15, -0.1) is 0 Å². The highest BCUT2D eigenvalue weighted by Gasteiger charge is 2.24. The molecule has 0 radical (unpaired) electrons. The molecule has 4 heteroatoms. The topological polar surface area (TPSA) is 60.2 Å². The standard InChI is InChI=1S/C14H23N3O/c1-10-6-7-13(8-11(10)2)18-9-12-4-3-5-14(16-12)17-15/h3-5,10-11,13H,6-9,15H2,1-2H3,(H,16,17). The van der Waals surface area contributed by atoms with Gasteiger partial charge in [0.25, 0.3) is 0 Å². The molecule has 1 aromatic heterocycles. The van der Waals surface area contributed by atoms with E-state index in [1.54, 1.807) is 0 Å². The van der Waals surface area contributed by atoms with E-state index in [-0.39, 0.29) is 0 Å². The third-order valence-corrected chi connectivity index (χ3v) is 3.97. The van der Waals surface area contributed by atoms with Crippen molar-refractivity contribution in [1.29, 1.82) is 0 Å². The second-order valence-corrected chi connectivity index (χ2v) is 5.36. The number of hydrogen-bond acceptors (Lipinski definition) is 4. The maximum absolute atomic E-state index is 5.96. The summed E-state index contributed by atoms with van der Waals surface area (Å²) < 4.78 is 5.96. The van der Waals surface area contributed by atoms with Crippen molar-refractivity contribution in [2.45, 2.75) is 45.8 Å². The monoisotopic (exact) mass is 249 g/mol. The Hall–Kier alpha value is -1.13. The van der Waals surface area contributed by atoms with Gasteiger partial charge in [-0.05, 0) is 43.2 Å². The van der Waals surface area contributed by atoms with Crippen molar-refractivity contribution >= 4 is 5.82 Å². The van der Waals surface area contributed by atoms with Crippen LogP contribution in [0.3, 0.4) is 0 Å². The van der Waals surface area contributed by atoms with Crippen LogP contribution in [0.4, 0.5) is 5.82 Å². The molecule has 1 aromatic rings. The highest BCUT2D eigenvalue weighted by Crippen LogP contribution is 2.31. The molecule has 3 N–H and O–H groups in total. The fourth-order valence-corrected chi connectivity index (χ4v) is 2.49. The number of nitrogen functional groups attached to an aromatic ring is 1. The van der Waals surface area contributed by atoms with Crippen molar-refractivity contribution in [2.24, 2.45) is 17.7 Å². The van der Waals surface area contributed by atoms with Crippen molar-refractivity contribution < 1.29 is 4.74 Å². The van der Waals surface area contributed by atoms with E-state index >= 15 is 0 Å². The Labute approximate surface area is 109 Å². The summed E-state index contributed by atoms with van der Waals surface area (Å²) in [6, 6.07) is 5.75. The number of pyridine rings is 1. The lowest BCUT2D eigenvalue weighted by molar-refractivity contribution is -0.00871. The fraction of sp³-hybridized carbons (Fsp3) is 0.643. The third-order valence-electron chi connectivity index (χ3n) is 3.97. The van der Waals surface area contributed by atoms with Crippen molar-refractivity contribution in [3.05, 3.63) is 23.9 Å². The molecule has 0 spiro atoms. The van der Waals surface area contributed by atoms with Crippen LogP contribution in [0.5, 0.6) is 0 Å². The number of rotatable bonds is 4. The van der Waals surface area contributed by atoms with E-state index in [2.05, 4.69) is 24.3 Å². The molecule has 18 heavy (non-hydrogen) atoms. The average molecular weight is 249 g/mol. The first-order valence-electron chi connectivity index (χ1n) is 6.73. The normalized spacial score (nSPS) is 28.1. The molecule has 1 fully saturated rings. The summed E-state index contributed by atoms with van der Waals surface area (Å²) in [5.74, 6) is 7.60. The van der Waals surface area contributed by atoms with Gasteiger partial charge in [-0.2, -0.15) is 0 Å². The summed E-state index contributed by atoms with van der Waals surface area (Å²) in [5, 5.41) is 0. The second-order valence-electron chi connectivity index (χ2n) is 5.36. The summed E-state index contributed by atoms with van der Waals surface area (Å²) in [7, 11) is 0. The van der Waals surface area contributed by atoms with Gasteiger partial charge in [-0.1, -0.05) is 19.9 Å². The zero-order valence-electron chi connectivity index (χ0n) is 11.2. The lowest BCUT2D eigenvalue weighted by Gasteiger charge is -2.31. The highest BCUT2D eigenvalue weighted by molar-refractivity contribution is 5.33. The van der Waals surface area contributed by atoms with Gasteiger partial charge in [-0.25, -0.2) is 10.8 Å². The van der Waals surface area contributed by atoms with Crippen molar-refractivity contribution in [2.75, 3.05) is 5.43 Å². The Morgan fingerprint density at radius 3 is 2.89 bits per heavy atom. The van der Waals surface area contributed by atoms with Crippen molar-refractivity contribution in [3.8, 4) is 0 Å². The molecule has 0 aliphatic heterocycles. The van der Waals surface area contributed by atoms with Crippen LogP contribution in [0.2, 0.25) is 0 Å². The van der Waals surface area contributed by atoms with Crippen LogP contribution in [-0.4, -0.2) is 11.1 Å². The minimum Gasteiger partial charge on any atom is -0.372 e. The Morgan fingerprint density at radius 1 is 1.33 bits per heavy atom. The fourth-order valence-electron chi connectivity index (χ4n) is 2.49. The molecule has 1 heterocycles. The van der Waals surface area contributed by atoms with E-state index in [1.807, 2.05) is 18.2 Å². The number of nitrogens with zero attached hydrogens (tertiary/aromatic N) is 1. The number of anilines is 1. The van der Waals surface area contributed by atoms with E-state index in [0.29, 0.717) is 18.5 Å². The van der Waals surface area contributed by atoms with Crippen LogP contribution in [0.25, 0.3) is 0 Å². The van der Waals surface area contributed by atoms with Gasteiger partial charge in [0.2, 0.25) is 0 Å². The Bertz CT molecular complexity index is 383. The second kappa shape index (κ2) is 6.16. The third kappa shape index (κ3) is 3.43. The van der Waals surface area contributed by atoms with E-state index in [1.165, 1.54) is 12.8 Å². The number of hydrogen-bond donors (Lipinski definition) is 2. The van der Waals surface area contributed by atoms with Gasteiger partial charge in [-0.3, -0.25) is 0 Å². The Kier molecular flexibility index (Phi) is 4.55. The van der Waals surface area contributed by atoms with Gasteiger partial charge in [0.05, 0.1) is 18.4 Å². The molecule has 0 bridgehead atoms. The van der Waals surface area contributed by atoms with E-state index in [4.69, 9.17) is 10.6 Å². The van der Waals surface area contributed by atoms with Crippen molar-refractivity contribution in [3.63, 3.8) is 0 Å². The largest absolute Gasteiger partial charge is 0.372 e. The van der Waals surface area contributed by atoms with Crippen LogP contribution in [0.1, 0.15) is 38.8 Å². The number of nitrogens with two attached hydrogens (primary N) is 1. The summed E-state index contributed by atoms with van der Waals surface area (Å²) in [4.78, 5) is 4.35. The Morgan fingerprint density at radius 2 is 2.17 bits per heavy atom. The maximum Gasteiger partial charge on any atom is 0.140 e. The molecule has 1 aliphatic carbocycles. The molecular formula is C14H23N3O. The summed E-state index contributed by atoms with van der Waals surface area (Å²) in [5.41, 5.74) is 3.48. The summed E-state index contributed by atoms with van der Waals surface area (Å²) in [6.07, 6.45) is 3.98. The van der Waals surface area contributed by atoms with E-state index in [9.17, 15) is 0 Å². The molecule has 0 amide bonds. The van der Waals surface area contributed by atoms with Gasteiger partial charge >= 0.3 is 0 Å². The summed E-state index contributed by atoms with van der Waals surface area (Å²) in [6.45, 7) is 5.22. The number of ether oxygens (including phenoxy) is 1. The number of nitrogens with one attached hydrogen (secondary N) is 1. The summed E-state index contributed by atoms with van der Waals surface area (Å²) >= 11 is 0. The molecule has 3 atom stereocenters. The highest BCUT2D eigenvalue weighted by atomic mass is 16.5. The van der Waals surface area contributed by atoms with Crippen molar-refractivity contribution in [1.82, 2.24) is 4.98 Å². The number of hydrazine groups is 1. The van der Waals surface area contributed by atoms with Gasteiger partial charge in [0.15, 0.2) is 0 Å². The van der Waals surface area contributed by atoms with Crippen LogP contribution >= 0.6 is 0 Å². The predicted octanol–water partition coefficient (Wildman–Crippen LogP) is 2.71. The molecule has 0 saturated heterocycles. The molecule has 4 nitrogen and oxygen atoms in total. The minimum atomic E-state index is 0.382. The van der Waals surface area contributed by atoms with Gasteiger partial charge < -0.3 is 10.2 Å². The zero-order valence-corrected chi connectivity index (χ0v) is 11.2. The maximum atomic E-state index is 5.96. The van der Waals surface area contributed by atoms with Crippen LogP contribution in [0.15, 0.2) is 18.2 Å². The predicted molar refractivity (Wildman–Crippen MR) is 72.8 cm³/mol. The first-order chi connectivity index (χ1) is 8.69. The molecular weight excluding hydrogens is 226 g/mol. The number of aromatic nitrogens is 1. The first kappa shape index (κ1) is 13.3. The van der Waals surface area contributed by atoms with Gasteiger partial charge in [0.1, 0.15) is 5.82 Å². The first-order valence-corrected chi connectivity index (χ1v) is 6.73. The molecule has 2 rings (SSSR count). The smallest absolute Gasteiger partial charge is 0.140 e. The molecule has 3 unspecified atom stereocenters. The van der Waals surface area contributed by atoms with Crippen LogP contribution < -0.4 is 11.3 Å². The SMILES string of the molecule is CC1CCC(OCc2cccc(NN)n2)CC1C. The molecule has 100 valence electrons. The average Bonchev–Trinajstić information content (AvgIpc) is 2.40. The van der Waals surface area contributed by atoms with E-state index in [0.717, 1.165) is 24.0 Å².